The molecular formula is C13H23NO4. The monoisotopic (exact) mass is 257 g/mol. The van der Waals surface area contributed by atoms with Crippen molar-refractivity contribution >= 4 is 11.9 Å². The number of carbonyl (C=O) groups excluding carboxylic acids is 1. The second-order valence-electron chi connectivity index (χ2n) is 4.85. The number of carboxylic acids is 1. The molecule has 1 aliphatic rings. The first kappa shape index (κ1) is 15.0. The van der Waals surface area contributed by atoms with Crippen LogP contribution in [0.1, 0.15) is 44.9 Å². The molecule has 1 fully saturated rings. The van der Waals surface area contributed by atoms with Gasteiger partial charge in [-0.2, -0.15) is 0 Å². The van der Waals surface area contributed by atoms with Gasteiger partial charge in [-0.1, -0.05) is 25.7 Å². The number of carbonyl (C=O) groups is 2. The van der Waals surface area contributed by atoms with Crippen molar-refractivity contribution in [2.75, 3.05) is 13.7 Å². The fraction of sp³-hybridized carbons (Fsp3) is 0.846. The zero-order valence-corrected chi connectivity index (χ0v) is 11.0. The highest BCUT2D eigenvalue weighted by Crippen LogP contribution is 2.23. The van der Waals surface area contributed by atoms with E-state index in [0.29, 0.717) is 19.4 Å². The number of aliphatic carboxylic acids is 1. The normalized spacial score (nSPS) is 24.9. The van der Waals surface area contributed by atoms with Crippen LogP contribution in [0.3, 0.4) is 0 Å². The van der Waals surface area contributed by atoms with Crippen LogP contribution in [-0.4, -0.2) is 36.7 Å². The van der Waals surface area contributed by atoms with Crippen LogP contribution in [0.5, 0.6) is 0 Å². The van der Waals surface area contributed by atoms with Crippen molar-refractivity contribution in [3.05, 3.63) is 0 Å². The lowest BCUT2D eigenvalue weighted by molar-refractivity contribution is -0.143. The second-order valence-corrected chi connectivity index (χ2v) is 4.85. The standard InChI is InChI=1S/C13H23NO4/c1-18-9-8-12(15)14-11-7-5-3-2-4-6-10(11)13(16)17/h10-11H,2-9H2,1H3,(H,14,15)(H,16,17). The molecule has 0 aliphatic heterocycles. The van der Waals surface area contributed by atoms with E-state index in [0.717, 1.165) is 32.1 Å². The third-order valence-corrected chi connectivity index (χ3v) is 3.46. The number of carboxylic acid groups (broad SMARTS) is 1. The minimum Gasteiger partial charge on any atom is -0.481 e. The fourth-order valence-electron chi connectivity index (χ4n) is 2.43. The molecule has 2 atom stereocenters. The van der Waals surface area contributed by atoms with Crippen LogP contribution in [0.2, 0.25) is 0 Å². The Labute approximate surface area is 108 Å². The molecule has 0 saturated heterocycles. The lowest BCUT2D eigenvalue weighted by Crippen LogP contribution is -2.44. The van der Waals surface area contributed by atoms with E-state index in [2.05, 4.69) is 5.32 Å². The van der Waals surface area contributed by atoms with Crippen molar-refractivity contribution in [2.24, 2.45) is 5.92 Å². The van der Waals surface area contributed by atoms with E-state index in [1.807, 2.05) is 0 Å². The van der Waals surface area contributed by atoms with Crippen molar-refractivity contribution in [3.8, 4) is 0 Å². The summed E-state index contributed by atoms with van der Waals surface area (Å²) in [6.45, 7) is 0.371. The maximum Gasteiger partial charge on any atom is 0.308 e. The molecule has 0 aromatic rings. The van der Waals surface area contributed by atoms with Gasteiger partial charge in [-0.05, 0) is 12.8 Å². The summed E-state index contributed by atoms with van der Waals surface area (Å²) in [5.41, 5.74) is 0. The molecule has 0 aromatic heterocycles. The molecular weight excluding hydrogens is 234 g/mol. The maximum absolute atomic E-state index is 11.7. The first-order valence-electron chi connectivity index (χ1n) is 6.66. The lowest BCUT2D eigenvalue weighted by Gasteiger charge is -2.27. The molecule has 1 amide bonds. The predicted molar refractivity (Wildman–Crippen MR) is 67.3 cm³/mol. The van der Waals surface area contributed by atoms with Gasteiger partial charge in [0.15, 0.2) is 0 Å². The molecule has 2 N–H and O–H groups in total. The predicted octanol–water partition coefficient (Wildman–Crippen LogP) is 1.56. The van der Waals surface area contributed by atoms with Crippen LogP contribution in [0.15, 0.2) is 0 Å². The summed E-state index contributed by atoms with van der Waals surface area (Å²) in [6.07, 6.45) is 5.84. The van der Waals surface area contributed by atoms with E-state index in [1.54, 1.807) is 7.11 Å². The van der Waals surface area contributed by atoms with Gasteiger partial charge in [0.25, 0.3) is 0 Å². The number of hydrogen-bond acceptors (Lipinski definition) is 3. The van der Waals surface area contributed by atoms with Gasteiger partial charge in [-0.25, -0.2) is 0 Å². The number of ether oxygens (including phenoxy) is 1. The van der Waals surface area contributed by atoms with E-state index < -0.39 is 11.9 Å². The number of nitrogens with one attached hydrogen (secondary N) is 1. The molecule has 0 aromatic carbocycles. The molecule has 5 nitrogen and oxygen atoms in total. The number of rotatable bonds is 5. The molecule has 0 radical (unpaired) electrons. The third kappa shape index (κ3) is 5.04. The molecule has 5 heteroatoms. The highest BCUT2D eigenvalue weighted by molar-refractivity contribution is 5.78. The average Bonchev–Trinajstić information content (AvgIpc) is 2.29. The Hall–Kier alpha value is -1.10. The topological polar surface area (TPSA) is 75.6 Å². The van der Waals surface area contributed by atoms with Gasteiger partial charge < -0.3 is 15.2 Å². The first-order chi connectivity index (χ1) is 8.65. The van der Waals surface area contributed by atoms with Crippen molar-refractivity contribution < 1.29 is 19.4 Å². The smallest absolute Gasteiger partial charge is 0.308 e. The van der Waals surface area contributed by atoms with E-state index in [9.17, 15) is 14.7 Å². The molecule has 18 heavy (non-hydrogen) atoms. The van der Waals surface area contributed by atoms with Gasteiger partial charge in [0.05, 0.1) is 12.5 Å². The maximum atomic E-state index is 11.7. The molecule has 104 valence electrons. The largest absolute Gasteiger partial charge is 0.481 e. The summed E-state index contributed by atoms with van der Waals surface area (Å²) in [4.78, 5) is 22.9. The van der Waals surface area contributed by atoms with Crippen molar-refractivity contribution in [1.29, 1.82) is 0 Å². The summed E-state index contributed by atoms with van der Waals surface area (Å²) in [6, 6.07) is -0.229. The number of amides is 1. The summed E-state index contributed by atoms with van der Waals surface area (Å²) in [5.74, 6) is -1.36. The van der Waals surface area contributed by atoms with Gasteiger partial charge in [-0.3, -0.25) is 9.59 Å². The molecule has 0 heterocycles. The van der Waals surface area contributed by atoms with Gasteiger partial charge in [-0.15, -0.1) is 0 Å². The van der Waals surface area contributed by atoms with Crippen molar-refractivity contribution in [3.63, 3.8) is 0 Å². The number of methoxy groups -OCH3 is 1. The molecule has 0 bridgehead atoms. The molecule has 1 saturated carbocycles. The summed E-state index contributed by atoms with van der Waals surface area (Å²) in [5, 5.41) is 12.1. The first-order valence-corrected chi connectivity index (χ1v) is 6.66. The third-order valence-electron chi connectivity index (χ3n) is 3.46. The molecule has 2 unspecified atom stereocenters. The Kier molecular flexibility index (Phi) is 6.72. The van der Waals surface area contributed by atoms with E-state index in [4.69, 9.17) is 4.74 Å². The van der Waals surface area contributed by atoms with Crippen LogP contribution >= 0.6 is 0 Å². The van der Waals surface area contributed by atoms with Gasteiger partial charge in [0.1, 0.15) is 0 Å². The highest BCUT2D eigenvalue weighted by Gasteiger charge is 2.29. The second kappa shape index (κ2) is 8.08. The summed E-state index contributed by atoms with van der Waals surface area (Å²) in [7, 11) is 1.54. The Bertz CT molecular complexity index is 280. The van der Waals surface area contributed by atoms with E-state index in [-0.39, 0.29) is 11.9 Å². The quantitative estimate of drug-likeness (QED) is 0.783. The Morgan fingerprint density at radius 2 is 1.89 bits per heavy atom. The molecule has 1 rings (SSSR count). The van der Waals surface area contributed by atoms with Crippen LogP contribution in [0, 0.1) is 5.92 Å². The Morgan fingerprint density at radius 1 is 1.22 bits per heavy atom. The van der Waals surface area contributed by atoms with Crippen LogP contribution in [0.4, 0.5) is 0 Å². The van der Waals surface area contributed by atoms with Gasteiger partial charge >= 0.3 is 5.97 Å². The highest BCUT2D eigenvalue weighted by atomic mass is 16.5. The summed E-state index contributed by atoms with van der Waals surface area (Å²) < 4.78 is 4.84. The SMILES string of the molecule is COCCC(=O)NC1CCCCCCC1C(=O)O. The molecule has 1 aliphatic carbocycles. The lowest BCUT2D eigenvalue weighted by atomic mass is 9.86. The minimum absolute atomic E-state index is 0.117. The van der Waals surface area contributed by atoms with Crippen molar-refractivity contribution in [1.82, 2.24) is 5.32 Å². The minimum atomic E-state index is -0.797. The van der Waals surface area contributed by atoms with Gasteiger partial charge in [0, 0.05) is 19.6 Å². The molecule has 0 spiro atoms. The van der Waals surface area contributed by atoms with Crippen LogP contribution in [0.25, 0.3) is 0 Å². The zero-order chi connectivity index (χ0) is 13.4. The number of hydrogen-bond donors (Lipinski definition) is 2. The average molecular weight is 257 g/mol. The van der Waals surface area contributed by atoms with E-state index in [1.165, 1.54) is 0 Å². The summed E-state index contributed by atoms with van der Waals surface area (Å²) >= 11 is 0. The van der Waals surface area contributed by atoms with Crippen LogP contribution < -0.4 is 5.32 Å². The zero-order valence-electron chi connectivity index (χ0n) is 11.0. The Balaban J connectivity index is 2.54. The van der Waals surface area contributed by atoms with E-state index >= 15 is 0 Å². The van der Waals surface area contributed by atoms with Gasteiger partial charge in [0.2, 0.25) is 5.91 Å². The van der Waals surface area contributed by atoms with Crippen molar-refractivity contribution in [2.45, 2.75) is 51.0 Å². The fourth-order valence-corrected chi connectivity index (χ4v) is 2.43. The Morgan fingerprint density at radius 3 is 2.50 bits per heavy atom. The van der Waals surface area contributed by atoms with Crippen LogP contribution in [-0.2, 0) is 14.3 Å².